The molecule has 0 unspecified atom stereocenters. The van der Waals surface area contributed by atoms with Gasteiger partial charge in [0.15, 0.2) is 0 Å². The van der Waals surface area contributed by atoms with Crippen LogP contribution >= 0.6 is 23.2 Å². The molecule has 2 rings (SSSR count). The first kappa shape index (κ1) is 15.4. The summed E-state index contributed by atoms with van der Waals surface area (Å²) in [6, 6.07) is 5.99. The van der Waals surface area contributed by atoms with E-state index in [0.717, 1.165) is 11.3 Å². The van der Waals surface area contributed by atoms with Crippen LogP contribution in [-0.2, 0) is 4.79 Å². The Morgan fingerprint density at radius 1 is 1.30 bits per heavy atom. The highest BCUT2D eigenvalue weighted by Crippen LogP contribution is 2.60. The highest BCUT2D eigenvalue weighted by Gasteiger charge is 2.60. The van der Waals surface area contributed by atoms with E-state index in [0.29, 0.717) is 0 Å². The maximum absolute atomic E-state index is 12.4. The van der Waals surface area contributed by atoms with Gasteiger partial charge < -0.3 is 5.32 Å². The Kier molecular flexibility index (Phi) is 4.17. The highest BCUT2D eigenvalue weighted by atomic mass is 35.5. The second-order valence-corrected chi connectivity index (χ2v) is 7.10. The number of carbonyl (C=O) groups excluding carboxylic acids is 1. The summed E-state index contributed by atoms with van der Waals surface area (Å²) in [5.74, 6) is 0.0340. The van der Waals surface area contributed by atoms with E-state index >= 15 is 0 Å². The molecule has 1 saturated carbocycles. The van der Waals surface area contributed by atoms with Gasteiger partial charge in [0.05, 0.1) is 5.92 Å². The van der Waals surface area contributed by atoms with Gasteiger partial charge in [-0.15, -0.1) is 0 Å². The summed E-state index contributed by atoms with van der Waals surface area (Å²) in [7, 11) is 0. The fraction of sp³-hybridized carbons (Fsp3) is 0.438. The van der Waals surface area contributed by atoms with Crippen molar-refractivity contribution < 1.29 is 4.79 Å². The fourth-order valence-corrected chi connectivity index (χ4v) is 3.06. The van der Waals surface area contributed by atoms with Gasteiger partial charge in [-0.3, -0.25) is 4.79 Å². The first-order valence-electron chi connectivity index (χ1n) is 6.64. The molecule has 0 heterocycles. The van der Waals surface area contributed by atoms with Gasteiger partial charge in [-0.05, 0) is 42.9 Å². The lowest BCUT2D eigenvalue weighted by molar-refractivity contribution is -0.118. The zero-order chi connectivity index (χ0) is 15.1. The quantitative estimate of drug-likeness (QED) is 0.850. The monoisotopic (exact) mass is 311 g/mol. The lowest BCUT2D eigenvalue weighted by Crippen LogP contribution is -2.17. The molecule has 0 saturated heterocycles. The second kappa shape index (κ2) is 5.42. The standard InChI is InChI=1S/C16H19Cl2NO/c1-9-5-6-12(10(2)7-9)19-15(20)14-11(8-13(17)18)16(14,3)4/h5-8,11,14H,1-4H3,(H,19,20)/t11-,14+/m1/s1. The normalized spacial score (nSPS) is 23.1. The summed E-state index contributed by atoms with van der Waals surface area (Å²) in [6.07, 6.45) is 1.76. The van der Waals surface area contributed by atoms with E-state index in [4.69, 9.17) is 23.2 Å². The maximum Gasteiger partial charge on any atom is 0.228 e. The molecule has 1 aliphatic rings. The highest BCUT2D eigenvalue weighted by molar-refractivity contribution is 6.55. The number of halogens is 2. The first-order chi connectivity index (χ1) is 9.23. The molecule has 2 nitrogen and oxygen atoms in total. The molecule has 4 heteroatoms. The number of benzene rings is 1. The van der Waals surface area contributed by atoms with Crippen LogP contribution in [0.1, 0.15) is 25.0 Å². The minimum absolute atomic E-state index is 0.0257. The van der Waals surface area contributed by atoms with Crippen LogP contribution in [0.3, 0.4) is 0 Å². The Hall–Kier alpha value is -0.990. The van der Waals surface area contributed by atoms with Crippen LogP contribution in [0.4, 0.5) is 5.69 Å². The molecule has 1 aromatic rings. The molecule has 0 aliphatic heterocycles. The predicted octanol–water partition coefficient (Wildman–Crippen LogP) is 4.83. The number of hydrogen-bond donors (Lipinski definition) is 1. The van der Waals surface area contributed by atoms with Crippen LogP contribution in [0.15, 0.2) is 28.8 Å². The summed E-state index contributed by atoms with van der Waals surface area (Å²) in [5, 5.41) is 3.00. The first-order valence-corrected chi connectivity index (χ1v) is 7.40. The maximum atomic E-state index is 12.4. The Balaban J connectivity index is 2.12. The third-order valence-electron chi connectivity index (χ3n) is 4.14. The van der Waals surface area contributed by atoms with E-state index in [1.807, 2.05) is 26.0 Å². The molecule has 2 atom stereocenters. The Morgan fingerprint density at radius 2 is 1.95 bits per heavy atom. The van der Waals surface area contributed by atoms with Crippen molar-refractivity contribution in [1.29, 1.82) is 0 Å². The number of nitrogens with one attached hydrogen (secondary N) is 1. The van der Waals surface area contributed by atoms with Gasteiger partial charge in [-0.25, -0.2) is 0 Å². The molecule has 108 valence electrons. The Labute approximate surface area is 130 Å². The van der Waals surface area contributed by atoms with E-state index < -0.39 is 0 Å². The number of aryl methyl sites for hydroxylation is 2. The number of hydrogen-bond acceptors (Lipinski definition) is 1. The summed E-state index contributed by atoms with van der Waals surface area (Å²) in [5.41, 5.74) is 3.02. The minimum Gasteiger partial charge on any atom is -0.326 e. The Morgan fingerprint density at radius 3 is 2.50 bits per heavy atom. The molecule has 20 heavy (non-hydrogen) atoms. The van der Waals surface area contributed by atoms with Crippen molar-refractivity contribution >= 4 is 34.8 Å². The van der Waals surface area contributed by atoms with Crippen molar-refractivity contribution in [1.82, 2.24) is 0 Å². The van der Waals surface area contributed by atoms with Crippen LogP contribution in [0, 0.1) is 31.1 Å². The van der Waals surface area contributed by atoms with Crippen LogP contribution in [0.2, 0.25) is 0 Å². The van der Waals surface area contributed by atoms with Gasteiger partial charge in [-0.1, -0.05) is 54.7 Å². The molecule has 0 spiro atoms. The third-order valence-corrected chi connectivity index (χ3v) is 4.39. The summed E-state index contributed by atoms with van der Waals surface area (Å²) in [4.78, 5) is 12.4. The van der Waals surface area contributed by atoms with E-state index in [9.17, 15) is 4.79 Å². The van der Waals surface area contributed by atoms with Gasteiger partial charge in [0, 0.05) is 5.69 Å². The van der Waals surface area contributed by atoms with E-state index in [1.165, 1.54) is 5.56 Å². The van der Waals surface area contributed by atoms with Gasteiger partial charge >= 0.3 is 0 Å². The second-order valence-electron chi connectivity index (χ2n) is 6.09. The Bertz CT molecular complexity index is 574. The van der Waals surface area contributed by atoms with E-state index in [2.05, 4.69) is 25.2 Å². The lowest BCUT2D eigenvalue weighted by Gasteiger charge is -2.09. The lowest BCUT2D eigenvalue weighted by atomic mass is 10.1. The third kappa shape index (κ3) is 3.02. The summed E-state index contributed by atoms with van der Waals surface area (Å²) >= 11 is 11.4. The van der Waals surface area contributed by atoms with Gasteiger partial charge in [0.1, 0.15) is 4.49 Å². The molecule has 1 N–H and O–H groups in total. The topological polar surface area (TPSA) is 29.1 Å². The number of amides is 1. The van der Waals surface area contributed by atoms with Gasteiger partial charge in [0.25, 0.3) is 0 Å². The van der Waals surface area contributed by atoms with Crippen LogP contribution in [-0.4, -0.2) is 5.91 Å². The van der Waals surface area contributed by atoms with Crippen molar-refractivity contribution in [2.24, 2.45) is 17.3 Å². The fourth-order valence-electron chi connectivity index (χ4n) is 2.79. The molecule has 1 aromatic carbocycles. The van der Waals surface area contributed by atoms with Crippen molar-refractivity contribution in [2.75, 3.05) is 5.32 Å². The van der Waals surface area contributed by atoms with Crippen molar-refractivity contribution in [3.63, 3.8) is 0 Å². The molecular weight excluding hydrogens is 293 g/mol. The number of carbonyl (C=O) groups is 1. The van der Waals surface area contributed by atoms with Crippen molar-refractivity contribution in [3.8, 4) is 0 Å². The molecule has 0 bridgehead atoms. The predicted molar refractivity (Wildman–Crippen MR) is 85.1 cm³/mol. The van der Waals surface area contributed by atoms with Gasteiger partial charge in [-0.2, -0.15) is 0 Å². The molecule has 1 aliphatic carbocycles. The molecular formula is C16H19Cl2NO. The average molecular weight is 312 g/mol. The number of allylic oxidation sites excluding steroid dienone is 1. The van der Waals surface area contributed by atoms with E-state index in [-0.39, 0.29) is 27.6 Å². The number of rotatable bonds is 3. The molecule has 1 amide bonds. The summed E-state index contributed by atoms with van der Waals surface area (Å²) < 4.78 is 0.227. The largest absolute Gasteiger partial charge is 0.326 e. The summed E-state index contributed by atoms with van der Waals surface area (Å²) in [6.45, 7) is 8.13. The number of anilines is 1. The smallest absolute Gasteiger partial charge is 0.228 e. The SMILES string of the molecule is Cc1ccc(NC(=O)[C@@H]2[C@@H](C=C(Cl)Cl)C2(C)C)c(C)c1. The average Bonchev–Trinajstić information content (AvgIpc) is 2.83. The zero-order valence-corrected chi connectivity index (χ0v) is 13.6. The minimum atomic E-state index is -0.0995. The zero-order valence-electron chi connectivity index (χ0n) is 12.1. The molecule has 0 aromatic heterocycles. The van der Waals surface area contributed by atoms with E-state index in [1.54, 1.807) is 6.08 Å². The molecule has 0 radical (unpaired) electrons. The van der Waals surface area contributed by atoms with Gasteiger partial charge in [0.2, 0.25) is 5.91 Å². The van der Waals surface area contributed by atoms with Crippen LogP contribution in [0.5, 0.6) is 0 Å². The van der Waals surface area contributed by atoms with Crippen molar-refractivity contribution in [2.45, 2.75) is 27.7 Å². The van der Waals surface area contributed by atoms with Crippen LogP contribution in [0.25, 0.3) is 0 Å². The van der Waals surface area contributed by atoms with Crippen molar-refractivity contribution in [3.05, 3.63) is 39.9 Å². The molecule has 1 fully saturated rings. The van der Waals surface area contributed by atoms with Crippen LogP contribution < -0.4 is 5.32 Å².